The topological polar surface area (TPSA) is 72.2 Å². The lowest BCUT2D eigenvalue weighted by Gasteiger charge is -2.12. The average molecular weight is 355 g/mol. The van der Waals surface area contributed by atoms with Crippen molar-refractivity contribution in [2.45, 2.75) is 18.7 Å². The molecule has 0 atom stereocenters. The van der Waals surface area contributed by atoms with Crippen LogP contribution in [-0.4, -0.2) is 8.42 Å². The van der Waals surface area contributed by atoms with E-state index in [0.717, 1.165) is 15.6 Å². The van der Waals surface area contributed by atoms with Crippen molar-refractivity contribution in [1.82, 2.24) is 0 Å². The minimum atomic E-state index is -3.68. The second kappa shape index (κ2) is 5.46. The quantitative estimate of drug-likeness (QED) is 0.829. The first kappa shape index (κ1) is 14.9. The van der Waals surface area contributed by atoms with Gasteiger partial charge in [0.15, 0.2) is 0 Å². The third-order valence-electron chi connectivity index (χ3n) is 2.90. The van der Waals surface area contributed by atoms with E-state index in [-0.39, 0.29) is 10.6 Å². The molecule has 0 aliphatic carbocycles. The zero-order valence-electron chi connectivity index (χ0n) is 11.1. The zero-order chi connectivity index (χ0) is 14.9. The Labute approximate surface area is 127 Å². The maximum atomic E-state index is 12.3. The maximum Gasteiger partial charge on any atom is 0.263 e. The highest BCUT2D eigenvalue weighted by Crippen LogP contribution is 2.27. The fourth-order valence-corrected chi connectivity index (χ4v) is 3.34. The SMILES string of the molecule is Cc1cc(NS(=O)(=O)c2ccccc2N)cc(C)c1Br. The van der Waals surface area contributed by atoms with Crippen molar-refractivity contribution in [1.29, 1.82) is 0 Å². The number of halogens is 1. The highest BCUT2D eigenvalue weighted by atomic mass is 79.9. The van der Waals surface area contributed by atoms with Gasteiger partial charge in [0.05, 0.1) is 5.69 Å². The van der Waals surface area contributed by atoms with Gasteiger partial charge in [-0.25, -0.2) is 8.42 Å². The van der Waals surface area contributed by atoms with Gasteiger partial charge in [0.2, 0.25) is 0 Å². The molecule has 106 valence electrons. The Morgan fingerprint density at radius 1 is 1.10 bits per heavy atom. The molecule has 2 rings (SSSR count). The smallest absolute Gasteiger partial charge is 0.263 e. The Bertz CT molecular complexity index is 735. The lowest BCUT2D eigenvalue weighted by atomic mass is 10.1. The van der Waals surface area contributed by atoms with Crippen LogP contribution in [0.25, 0.3) is 0 Å². The largest absolute Gasteiger partial charge is 0.398 e. The first-order valence-electron chi connectivity index (χ1n) is 5.95. The number of nitrogens with two attached hydrogens (primary N) is 1. The summed E-state index contributed by atoms with van der Waals surface area (Å²) < 4.78 is 28.2. The van der Waals surface area contributed by atoms with Crippen LogP contribution in [0.1, 0.15) is 11.1 Å². The third-order valence-corrected chi connectivity index (χ3v) is 5.60. The Morgan fingerprint density at radius 3 is 2.20 bits per heavy atom. The van der Waals surface area contributed by atoms with Crippen LogP contribution in [0.5, 0.6) is 0 Å². The molecule has 0 spiro atoms. The highest BCUT2D eigenvalue weighted by Gasteiger charge is 2.17. The summed E-state index contributed by atoms with van der Waals surface area (Å²) in [5, 5.41) is 0. The Balaban J connectivity index is 2.42. The second-order valence-corrected chi connectivity index (χ2v) is 7.01. The van der Waals surface area contributed by atoms with E-state index in [1.165, 1.54) is 6.07 Å². The summed E-state index contributed by atoms with van der Waals surface area (Å²) in [5.41, 5.74) is 8.39. The van der Waals surface area contributed by atoms with Crippen LogP contribution in [0.2, 0.25) is 0 Å². The number of hydrogen-bond donors (Lipinski definition) is 2. The van der Waals surface area contributed by atoms with Crippen LogP contribution < -0.4 is 10.5 Å². The molecular formula is C14H15BrN2O2S. The monoisotopic (exact) mass is 354 g/mol. The molecule has 0 fully saturated rings. The van der Waals surface area contributed by atoms with Gasteiger partial charge in [-0.05, 0) is 49.2 Å². The van der Waals surface area contributed by atoms with Gasteiger partial charge in [0.1, 0.15) is 4.90 Å². The van der Waals surface area contributed by atoms with Crippen molar-refractivity contribution in [3.05, 3.63) is 52.0 Å². The van der Waals surface area contributed by atoms with Crippen molar-refractivity contribution < 1.29 is 8.42 Å². The molecule has 2 aromatic carbocycles. The zero-order valence-corrected chi connectivity index (χ0v) is 13.5. The third kappa shape index (κ3) is 2.96. The highest BCUT2D eigenvalue weighted by molar-refractivity contribution is 9.10. The lowest BCUT2D eigenvalue weighted by Crippen LogP contribution is -2.15. The molecule has 6 heteroatoms. The van der Waals surface area contributed by atoms with Gasteiger partial charge < -0.3 is 5.73 Å². The number of benzene rings is 2. The molecule has 0 bridgehead atoms. The normalized spacial score (nSPS) is 11.3. The maximum absolute atomic E-state index is 12.3. The standard InChI is InChI=1S/C14H15BrN2O2S/c1-9-7-11(8-10(2)14(9)15)17-20(18,19)13-6-4-3-5-12(13)16/h3-8,17H,16H2,1-2H3. The number of rotatable bonds is 3. The summed E-state index contributed by atoms with van der Waals surface area (Å²) in [6.07, 6.45) is 0. The van der Waals surface area contributed by atoms with Gasteiger partial charge in [-0.3, -0.25) is 4.72 Å². The Hall–Kier alpha value is -1.53. The molecule has 0 aromatic heterocycles. The van der Waals surface area contributed by atoms with E-state index in [1.807, 2.05) is 13.8 Å². The summed E-state index contributed by atoms with van der Waals surface area (Å²) in [4.78, 5) is 0.0817. The molecule has 4 nitrogen and oxygen atoms in total. The van der Waals surface area contributed by atoms with E-state index >= 15 is 0 Å². The molecule has 2 aromatic rings. The molecular weight excluding hydrogens is 340 g/mol. The molecule has 0 heterocycles. The molecule has 0 unspecified atom stereocenters. The van der Waals surface area contributed by atoms with E-state index in [9.17, 15) is 8.42 Å². The van der Waals surface area contributed by atoms with E-state index < -0.39 is 10.0 Å². The summed E-state index contributed by atoms with van der Waals surface area (Å²) >= 11 is 3.45. The van der Waals surface area contributed by atoms with Crippen molar-refractivity contribution in [2.75, 3.05) is 10.5 Å². The predicted octanol–water partition coefficient (Wildman–Crippen LogP) is 3.45. The molecule has 0 aliphatic heterocycles. The first-order chi connectivity index (χ1) is 9.31. The number of para-hydroxylation sites is 1. The fraction of sp³-hybridized carbons (Fsp3) is 0.143. The van der Waals surface area contributed by atoms with Gasteiger partial charge in [-0.2, -0.15) is 0 Å². The van der Waals surface area contributed by atoms with Crippen LogP contribution in [0.3, 0.4) is 0 Å². The molecule has 0 amide bonds. The number of hydrogen-bond acceptors (Lipinski definition) is 3. The van der Waals surface area contributed by atoms with Gasteiger partial charge in [0.25, 0.3) is 10.0 Å². The van der Waals surface area contributed by atoms with Crippen molar-refractivity contribution in [3.63, 3.8) is 0 Å². The van der Waals surface area contributed by atoms with Crippen LogP contribution in [0, 0.1) is 13.8 Å². The van der Waals surface area contributed by atoms with Crippen LogP contribution in [-0.2, 0) is 10.0 Å². The van der Waals surface area contributed by atoms with Crippen LogP contribution in [0.4, 0.5) is 11.4 Å². The molecule has 20 heavy (non-hydrogen) atoms. The first-order valence-corrected chi connectivity index (χ1v) is 8.23. The lowest BCUT2D eigenvalue weighted by molar-refractivity contribution is 0.601. The summed E-state index contributed by atoms with van der Waals surface area (Å²) in [6.45, 7) is 3.82. The van der Waals surface area contributed by atoms with Crippen molar-refractivity contribution in [2.24, 2.45) is 0 Å². The van der Waals surface area contributed by atoms with Gasteiger partial charge in [-0.15, -0.1) is 0 Å². The number of anilines is 2. The van der Waals surface area contributed by atoms with Gasteiger partial charge in [0, 0.05) is 10.2 Å². The average Bonchev–Trinajstić information content (AvgIpc) is 2.35. The molecule has 0 saturated heterocycles. The second-order valence-electron chi connectivity index (χ2n) is 4.57. The predicted molar refractivity (Wildman–Crippen MR) is 85.3 cm³/mol. The van der Waals surface area contributed by atoms with Crippen LogP contribution >= 0.6 is 15.9 Å². The molecule has 0 radical (unpaired) electrons. The molecule has 3 N–H and O–H groups in total. The number of nitrogen functional groups attached to an aromatic ring is 1. The van der Waals surface area contributed by atoms with Gasteiger partial charge in [-0.1, -0.05) is 28.1 Å². The van der Waals surface area contributed by atoms with Gasteiger partial charge >= 0.3 is 0 Å². The Kier molecular flexibility index (Phi) is 4.06. The minimum absolute atomic E-state index is 0.0817. The number of nitrogens with one attached hydrogen (secondary N) is 1. The minimum Gasteiger partial charge on any atom is -0.398 e. The summed E-state index contributed by atoms with van der Waals surface area (Å²) in [5.74, 6) is 0. The summed E-state index contributed by atoms with van der Waals surface area (Å²) in [7, 11) is -3.68. The van der Waals surface area contributed by atoms with Crippen molar-refractivity contribution in [3.8, 4) is 0 Å². The number of aryl methyl sites for hydroxylation is 2. The fourth-order valence-electron chi connectivity index (χ4n) is 1.94. The van der Waals surface area contributed by atoms with Crippen LogP contribution in [0.15, 0.2) is 45.8 Å². The number of sulfonamides is 1. The van der Waals surface area contributed by atoms with E-state index in [1.54, 1.807) is 30.3 Å². The van der Waals surface area contributed by atoms with E-state index in [2.05, 4.69) is 20.7 Å². The summed E-state index contributed by atoms with van der Waals surface area (Å²) in [6, 6.07) is 9.93. The van der Waals surface area contributed by atoms with E-state index in [0.29, 0.717) is 5.69 Å². The Morgan fingerprint density at radius 2 is 1.65 bits per heavy atom. The molecule has 0 aliphatic rings. The van der Waals surface area contributed by atoms with Crippen molar-refractivity contribution >= 4 is 37.3 Å². The van der Waals surface area contributed by atoms with E-state index in [4.69, 9.17) is 5.73 Å². The molecule has 0 saturated carbocycles.